The Kier molecular flexibility index (Phi) is 15.5. The van der Waals surface area contributed by atoms with Crippen LogP contribution >= 0.6 is 0 Å². The zero-order valence-electron chi connectivity index (χ0n) is 8.69. The van der Waals surface area contributed by atoms with E-state index in [4.69, 9.17) is 0 Å². The lowest BCUT2D eigenvalue weighted by atomic mass is 9.91. The molecule has 0 aromatic carbocycles. The Morgan fingerprint density at radius 1 is 0.909 bits per heavy atom. The first-order valence-electron chi connectivity index (χ1n) is 4.97. The predicted molar refractivity (Wildman–Crippen MR) is 53.7 cm³/mol. The van der Waals surface area contributed by atoms with Gasteiger partial charge in [-0.2, -0.15) is 0 Å². The third-order valence-corrected chi connectivity index (χ3v) is 1.89. The van der Waals surface area contributed by atoms with Crippen LogP contribution in [0.15, 0.2) is 0 Å². The molecule has 0 atom stereocenters. The van der Waals surface area contributed by atoms with E-state index in [1.807, 2.05) is 13.8 Å². The molecule has 1 saturated carbocycles. The maximum atomic E-state index is 4.50. The van der Waals surface area contributed by atoms with Gasteiger partial charge >= 0.3 is 0 Å². The van der Waals surface area contributed by atoms with Gasteiger partial charge in [-0.1, -0.05) is 52.9 Å². The van der Waals surface area contributed by atoms with Crippen LogP contribution in [0, 0.1) is 5.92 Å². The number of rotatable bonds is 0. The average Bonchev–Trinajstić information content (AvgIpc) is 2.13. The molecule has 0 aromatic heterocycles. The maximum absolute atomic E-state index is 4.50. The van der Waals surface area contributed by atoms with Gasteiger partial charge in [-0.15, -0.1) is 0 Å². The lowest BCUT2D eigenvalue weighted by Gasteiger charge is -2.15. The van der Waals surface area contributed by atoms with E-state index in [9.17, 15) is 0 Å². The van der Waals surface area contributed by atoms with Crippen LogP contribution in [0.1, 0.15) is 52.9 Å². The number of hydrogen-bond donors (Lipinski definition) is 1. The van der Waals surface area contributed by atoms with Gasteiger partial charge in [0, 0.05) is 0 Å². The van der Waals surface area contributed by atoms with E-state index in [1.54, 1.807) is 0 Å². The van der Waals surface area contributed by atoms with Crippen molar-refractivity contribution in [2.45, 2.75) is 52.9 Å². The summed E-state index contributed by atoms with van der Waals surface area (Å²) in [7, 11) is 1.50. The lowest BCUT2D eigenvalue weighted by molar-refractivity contribution is 0.385. The van der Waals surface area contributed by atoms with Gasteiger partial charge in [0.2, 0.25) is 0 Å². The summed E-state index contributed by atoms with van der Waals surface area (Å²) >= 11 is 0. The van der Waals surface area contributed by atoms with Gasteiger partial charge in [0.25, 0.3) is 0 Å². The fourth-order valence-electron chi connectivity index (χ4n) is 1.31. The standard InChI is InChI=1S/C7H14.C2H6.CH5N/c1-7-5-3-2-4-6-7;2*1-2/h7H,2-6H2,1H3;1-2H3;2H2,1H3. The molecule has 2 N–H and O–H groups in total. The van der Waals surface area contributed by atoms with Crippen LogP contribution in [0.2, 0.25) is 0 Å². The molecule has 1 fully saturated rings. The second-order valence-corrected chi connectivity index (χ2v) is 2.74. The summed E-state index contributed by atoms with van der Waals surface area (Å²) in [4.78, 5) is 0. The van der Waals surface area contributed by atoms with Crippen LogP contribution in [0.5, 0.6) is 0 Å². The Morgan fingerprint density at radius 2 is 1.27 bits per heavy atom. The second kappa shape index (κ2) is 12.6. The monoisotopic (exact) mass is 159 g/mol. The predicted octanol–water partition coefficient (Wildman–Crippen LogP) is 3.19. The highest BCUT2D eigenvalue weighted by Crippen LogP contribution is 2.21. The Balaban J connectivity index is 0. The molecule has 0 unspecified atom stereocenters. The zero-order chi connectivity index (χ0) is 9.11. The van der Waals surface area contributed by atoms with Gasteiger partial charge in [0.1, 0.15) is 0 Å². The van der Waals surface area contributed by atoms with Crippen molar-refractivity contribution in [1.82, 2.24) is 0 Å². The quantitative estimate of drug-likeness (QED) is 0.577. The summed E-state index contributed by atoms with van der Waals surface area (Å²) < 4.78 is 0. The molecule has 1 rings (SSSR count). The Hall–Kier alpha value is -0.0400. The molecule has 70 valence electrons. The van der Waals surface area contributed by atoms with E-state index in [2.05, 4.69) is 12.7 Å². The van der Waals surface area contributed by atoms with E-state index in [1.165, 1.54) is 39.2 Å². The van der Waals surface area contributed by atoms with Crippen molar-refractivity contribution in [3.8, 4) is 0 Å². The molecule has 0 heterocycles. The highest BCUT2D eigenvalue weighted by molar-refractivity contribution is 4.59. The summed E-state index contributed by atoms with van der Waals surface area (Å²) in [5.41, 5.74) is 4.50. The topological polar surface area (TPSA) is 26.0 Å². The van der Waals surface area contributed by atoms with E-state index in [-0.39, 0.29) is 0 Å². The van der Waals surface area contributed by atoms with Gasteiger partial charge < -0.3 is 5.73 Å². The number of nitrogens with two attached hydrogens (primary N) is 1. The van der Waals surface area contributed by atoms with E-state index < -0.39 is 0 Å². The number of hydrogen-bond acceptors (Lipinski definition) is 1. The first-order chi connectivity index (χ1) is 5.39. The van der Waals surface area contributed by atoms with Crippen molar-refractivity contribution < 1.29 is 0 Å². The van der Waals surface area contributed by atoms with Crippen LogP contribution in [0.4, 0.5) is 0 Å². The molecular weight excluding hydrogens is 134 g/mol. The molecule has 0 aliphatic heterocycles. The van der Waals surface area contributed by atoms with Crippen molar-refractivity contribution in [3.05, 3.63) is 0 Å². The molecule has 11 heavy (non-hydrogen) atoms. The Morgan fingerprint density at radius 3 is 1.45 bits per heavy atom. The molecule has 1 nitrogen and oxygen atoms in total. The molecule has 0 amide bonds. The molecule has 0 spiro atoms. The van der Waals surface area contributed by atoms with Crippen molar-refractivity contribution in [2.24, 2.45) is 11.7 Å². The van der Waals surface area contributed by atoms with Crippen molar-refractivity contribution in [3.63, 3.8) is 0 Å². The first kappa shape index (κ1) is 13.5. The highest BCUT2D eigenvalue weighted by Gasteiger charge is 2.05. The summed E-state index contributed by atoms with van der Waals surface area (Å²) in [6, 6.07) is 0. The molecule has 1 aliphatic carbocycles. The molecule has 0 saturated heterocycles. The van der Waals surface area contributed by atoms with E-state index >= 15 is 0 Å². The fraction of sp³-hybridized carbons (Fsp3) is 1.00. The largest absolute Gasteiger partial charge is 0.333 e. The maximum Gasteiger partial charge on any atom is -0.0195 e. The van der Waals surface area contributed by atoms with Crippen LogP contribution in [0.3, 0.4) is 0 Å². The summed E-state index contributed by atoms with van der Waals surface area (Å²) in [5.74, 6) is 1.04. The molecule has 0 aromatic rings. The Bertz CT molecular complexity index is 46.8. The molecular formula is C10H25N. The van der Waals surface area contributed by atoms with E-state index in [0.29, 0.717) is 0 Å². The summed E-state index contributed by atoms with van der Waals surface area (Å²) in [6.07, 6.45) is 7.44. The van der Waals surface area contributed by atoms with Crippen molar-refractivity contribution >= 4 is 0 Å². The minimum absolute atomic E-state index is 1.04. The molecule has 1 aliphatic rings. The average molecular weight is 159 g/mol. The highest BCUT2D eigenvalue weighted by atomic mass is 14.4. The molecule has 1 heteroatoms. The van der Waals surface area contributed by atoms with Crippen LogP contribution in [-0.4, -0.2) is 7.05 Å². The minimum atomic E-state index is 1.04. The molecule has 0 bridgehead atoms. The third-order valence-electron chi connectivity index (χ3n) is 1.89. The van der Waals surface area contributed by atoms with Crippen molar-refractivity contribution in [1.29, 1.82) is 0 Å². The van der Waals surface area contributed by atoms with Crippen molar-refractivity contribution in [2.75, 3.05) is 7.05 Å². The smallest absolute Gasteiger partial charge is 0.0195 e. The molecule has 0 radical (unpaired) electrons. The van der Waals surface area contributed by atoms with Gasteiger partial charge in [-0.25, -0.2) is 0 Å². The second-order valence-electron chi connectivity index (χ2n) is 2.74. The van der Waals surface area contributed by atoms with Crippen LogP contribution in [0.25, 0.3) is 0 Å². The minimum Gasteiger partial charge on any atom is -0.333 e. The fourth-order valence-corrected chi connectivity index (χ4v) is 1.31. The normalized spacial score (nSPS) is 17.2. The lowest BCUT2D eigenvalue weighted by Crippen LogP contribution is -1.99. The van der Waals surface area contributed by atoms with Gasteiger partial charge in [0.05, 0.1) is 0 Å². The summed E-state index contributed by atoms with van der Waals surface area (Å²) in [6.45, 7) is 6.36. The van der Waals surface area contributed by atoms with E-state index in [0.717, 1.165) is 5.92 Å². The Labute approximate surface area is 72.4 Å². The van der Waals surface area contributed by atoms with Gasteiger partial charge in [-0.05, 0) is 13.0 Å². The first-order valence-corrected chi connectivity index (χ1v) is 4.97. The zero-order valence-corrected chi connectivity index (χ0v) is 8.69. The van der Waals surface area contributed by atoms with Gasteiger partial charge in [-0.3, -0.25) is 0 Å². The SMILES string of the molecule is CC.CC1CCCCC1.CN. The van der Waals surface area contributed by atoms with Crippen LogP contribution in [-0.2, 0) is 0 Å². The van der Waals surface area contributed by atoms with Crippen LogP contribution < -0.4 is 5.73 Å². The third kappa shape index (κ3) is 9.96. The van der Waals surface area contributed by atoms with Gasteiger partial charge in [0.15, 0.2) is 0 Å². The summed E-state index contributed by atoms with van der Waals surface area (Å²) in [5, 5.41) is 0.